The van der Waals surface area contributed by atoms with Crippen molar-refractivity contribution in [2.24, 2.45) is 5.16 Å². The number of benzene rings is 1. The summed E-state index contributed by atoms with van der Waals surface area (Å²) in [6.07, 6.45) is 1.98. The third kappa shape index (κ3) is 2.08. The predicted molar refractivity (Wildman–Crippen MR) is 66.1 cm³/mol. The Morgan fingerprint density at radius 3 is 2.79 bits per heavy atom. The Bertz CT molecular complexity index is 684. The first-order valence-corrected chi connectivity index (χ1v) is 5.74. The van der Waals surface area contributed by atoms with Crippen LogP contribution in [0.4, 0.5) is 0 Å². The Morgan fingerprint density at radius 1 is 1.32 bits per heavy atom. The van der Waals surface area contributed by atoms with Gasteiger partial charge in [-0.05, 0) is 5.56 Å². The van der Waals surface area contributed by atoms with Gasteiger partial charge in [0.2, 0.25) is 6.10 Å². The van der Waals surface area contributed by atoms with E-state index in [1.807, 2.05) is 30.3 Å². The average Bonchev–Trinajstić information content (AvgIpc) is 3.08. The van der Waals surface area contributed by atoms with Crippen molar-refractivity contribution in [3.8, 4) is 0 Å². The lowest BCUT2D eigenvalue weighted by Gasteiger charge is -2.05. The van der Waals surface area contributed by atoms with Crippen LogP contribution in [0, 0.1) is 0 Å². The molecule has 0 N–H and O–H groups in total. The molecule has 3 rings (SSSR count). The number of carbonyl (C=O) groups is 1. The van der Waals surface area contributed by atoms with Crippen LogP contribution in [-0.4, -0.2) is 22.3 Å². The number of hydrogen-bond acceptors (Lipinski definition) is 5. The van der Waals surface area contributed by atoms with Crippen molar-refractivity contribution in [3.63, 3.8) is 0 Å². The van der Waals surface area contributed by atoms with Crippen molar-refractivity contribution in [3.05, 3.63) is 58.9 Å². The Kier molecular flexibility index (Phi) is 2.75. The standard InChI is InChI=1S/C13H10N2O4/c16-12(15-6-7-18-13(15)17)11-8-10(14-19-11)9-4-2-1-3-5-9/h1-7,11H,8H2/t11-/m1/s1. The third-order valence-corrected chi connectivity index (χ3v) is 2.86. The first kappa shape index (κ1) is 11.5. The van der Waals surface area contributed by atoms with Crippen LogP contribution in [0.3, 0.4) is 0 Å². The smallest absolute Gasteiger partial charge is 0.416 e. The van der Waals surface area contributed by atoms with Gasteiger partial charge < -0.3 is 9.25 Å². The van der Waals surface area contributed by atoms with E-state index >= 15 is 0 Å². The second-order valence-corrected chi connectivity index (χ2v) is 4.08. The van der Waals surface area contributed by atoms with Crippen molar-refractivity contribution < 1.29 is 14.0 Å². The minimum absolute atomic E-state index is 0.334. The molecule has 6 nitrogen and oxygen atoms in total. The summed E-state index contributed by atoms with van der Waals surface area (Å²) in [5.41, 5.74) is 1.59. The highest BCUT2D eigenvalue weighted by Crippen LogP contribution is 2.17. The van der Waals surface area contributed by atoms with Gasteiger partial charge in [0, 0.05) is 6.42 Å². The quantitative estimate of drug-likeness (QED) is 0.813. The maximum Gasteiger partial charge on any atom is 0.425 e. The minimum atomic E-state index is -0.787. The van der Waals surface area contributed by atoms with Gasteiger partial charge in [-0.25, -0.2) is 9.36 Å². The van der Waals surface area contributed by atoms with Gasteiger partial charge in [-0.1, -0.05) is 35.5 Å². The number of carbonyl (C=O) groups excluding carboxylic acids is 1. The van der Waals surface area contributed by atoms with Crippen LogP contribution in [-0.2, 0) is 4.84 Å². The van der Waals surface area contributed by atoms with Crippen LogP contribution in [0.1, 0.15) is 16.8 Å². The van der Waals surface area contributed by atoms with Gasteiger partial charge in [-0.3, -0.25) is 4.79 Å². The van der Waals surface area contributed by atoms with E-state index in [1.165, 1.54) is 6.20 Å². The van der Waals surface area contributed by atoms with Gasteiger partial charge in [0.05, 0.1) is 11.9 Å². The van der Waals surface area contributed by atoms with Crippen LogP contribution >= 0.6 is 0 Å². The molecule has 96 valence electrons. The Hall–Kier alpha value is -2.63. The first-order chi connectivity index (χ1) is 9.25. The van der Waals surface area contributed by atoms with Crippen LogP contribution in [0.15, 0.2) is 57.2 Å². The molecule has 0 saturated carbocycles. The lowest BCUT2D eigenvalue weighted by molar-refractivity contribution is 0.0463. The number of oxime groups is 1. The second-order valence-electron chi connectivity index (χ2n) is 4.08. The number of aromatic nitrogens is 1. The molecule has 0 saturated heterocycles. The molecule has 1 aromatic carbocycles. The molecule has 0 radical (unpaired) electrons. The molecule has 0 amide bonds. The number of hydrogen-bond donors (Lipinski definition) is 0. The maximum atomic E-state index is 12.0. The molecule has 0 bridgehead atoms. The molecule has 19 heavy (non-hydrogen) atoms. The highest BCUT2D eigenvalue weighted by Gasteiger charge is 2.30. The zero-order chi connectivity index (χ0) is 13.2. The number of rotatable bonds is 2. The second kappa shape index (κ2) is 4.56. The zero-order valence-corrected chi connectivity index (χ0v) is 9.85. The van der Waals surface area contributed by atoms with Crippen LogP contribution in [0.5, 0.6) is 0 Å². The van der Waals surface area contributed by atoms with Crippen molar-refractivity contribution in [2.75, 3.05) is 0 Å². The summed E-state index contributed by atoms with van der Waals surface area (Å²) < 4.78 is 5.43. The number of nitrogens with zero attached hydrogens (tertiary/aromatic N) is 2. The van der Waals surface area contributed by atoms with E-state index in [2.05, 4.69) is 9.57 Å². The minimum Gasteiger partial charge on any atom is -0.416 e. The van der Waals surface area contributed by atoms with Gasteiger partial charge in [0.25, 0.3) is 5.91 Å². The Morgan fingerprint density at radius 2 is 2.11 bits per heavy atom. The Labute approximate surface area is 107 Å². The van der Waals surface area contributed by atoms with E-state index in [4.69, 9.17) is 4.84 Å². The van der Waals surface area contributed by atoms with E-state index in [0.717, 1.165) is 16.4 Å². The molecule has 0 aliphatic carbocycles. The van der Waals surface area contributed by atoms with Gasteiger partial charge in [-0.15, -0.1) is 0 Å². The third-order valence-electron chi connectivity index (χ3n) is 2.86. The van der Waals surface area contributed by atoms with E-state index in [9.17, 15) is 9.59 Å². The van der Waals surface area contributed by atoms with Crippen molar-refractivity contribution in [1.29, 1.82) is 0 Å². The van der Waals surface area contributed by atoms with E-state index in [1.54, 1.807) is 0 Å². The summed E-state index contributed by atoms with van der Waals surface area (Å²) >= 11 is 0. The number of oxazole rings is 1. The lowest BCUT2D eigenvalue weighted by Crippen LogP contribution is -2.32. The summed E-state index contributed by atoms with van der Waals surface area (Å²) in [4.78, 5) is 28.4. The topological polar surface area (TPSA) is 73.8 Å². The normalized spacial score (nSPS) is 17.9. The molecular formula is C13H10N2O4. The van der Waals surface area contributed by atoms with Gasteiger partial charge in [0.1, 0.15) is 6.26 Å². The summed E-state index contributed by atoms with van der Waals surface area (Å²) in [5.74, 6) is -1.20. The molecule has 1 aliphatic rings. The molecule has 1 atom stereocenters. The Balaban J connectivity index is 1.77. The van der Waals surface area contributed by atoms with Crippen molar-refractivity contribution in [2.45, 2.75) is 12.5 Å². The van der Waals surface area contributed by atoms with E-state index in [-0.39, 0.29) is 0 Å². The molecule has 0 spiro atoms. The molecule has 0 unspecified atom stereocenters. The van der Waals surface area contributed by atoms with Crippen LogP contribution < -0.4 is 5.76 Å². The summed E-state index contributed by atoms with van der Waals surface area (Å²) in [5, 5.41) is 3.90. The van der Waals surface area contributed by atoms with Gasteiger partial charge in [-0.2, -0.15) is 0 Å². The lowest BCUT2D eigenvalue weighted by atomic mass is 10.0. The monoisotopic (exact) mass is 258 g/mol. The fourth-order valence-electron chi connectivity index (χ4n) is 1.90. The SMILES string of the molecule is O=C([C@H]1CC(c2ccccc2)=NO1)n1ccoc1=O. The fraction of sp³-hybridized carbons (Fsp3) is 0.154. The van der Waals surface area contributed by atoms with Crippen molar-refractivity contribution in [1.82, 2.24) is 4.57 Å². The first-order valence-electron chi connectivity index (χ1n) is 5.74. The molecular weight excluding hydrogens is 248 g/mol. The van der Waals surface area contributed by atoms with Crippen molar-refractivity contribution >= 4 is 11.6 Å². The zero-order valence-electron chi connectivity index (χ0n) is 9.85. The summed E-state index contributed by atoms with van der Waals surface area (Å²) in [6, 6.07) is 9.44. The van der Waals surface area contributed by atoms with Gasteiger partial charge in [0.15, 0.2) is 0 Å². The molecule has 1 aliphatic heterocycles. The predicted octanol–water partition coefficient (Wildman–Crippen LogP) is 1.27. The van der Waals surface area contributed by atoms with E-state index in [0.29, 0.717) is 12.1 Å². The maximum absolute atomic E-state index is 12.0. The summed E-state index contributed by atoms with van der Waals surface area (Å²) in [6.45, 7) is 0. The largest absolute Gasteiger partial charge is 0.425 e. The highest BCUT2D eigenvalue weighted by molar-refractivity contribution is 6.04. The molecule has 2 heterocycles. The van der Waals surface area contributed by atoms with E-state index < -0.39 is 17.8 Å². The highest BCUT2D eigenvalue weighted by atomic mass is 16.6. The van der Waals surface area contributed by atoms with Crippen LogP contribution in [0.2, 0.25) is 0 Å². The van der Waals surface area contributed by atoms with Gasteiger partial charge >= 0.3 is 5.76 Å². The molecule has 0 fully saturated rings. The average molecular weight is 258 g/mol. The van der Waals surface area contributed by atoms with Crippen LogP contribution in [0.25, 0.3) is 0 Å². The summed E-state index contributed by atoms with van der Waals surface area (Å²) in [7, 11) is 0. The fourth-order valence-corrected chi connectivity index (χ4v) is 1.90. The molecule has 2 aromatic rings. The molecule has 1 aromatic heterocycles. The molecule has 6 heteroatoms.